The van der Waals surface area contributed by atoms with Gasteiger partial charge in [0.25, 0.3) is 0 Å². The quantitative estimate of drug-likeness (QED) is 0.870. The Balaban J connectivity index is 3.21. The van der Waals surface area contributed by atoms with Gasteiger partial charge in [0, 0.05) is 5.54 Å². The van der Waals surface area contributed by atoms with Crippen LogP contribution < -0.4 is 0 Å². The van der Waals surface area contributed by atoms with Crippen LogP contribution in [0.15, 0.2) is 18.2 Å². The fourth-order valence-electron chi connectivity index (χ4n) is 2.75. The van der Waals surface area contributed by atoms with Crippen LogP contribution >= 0.6 is 0 Å². The normalized spacial score (nSPS) is 14.0. The standard InChI is InChI=1S/C15H24FNO/c1-6-15(7-2,17(4)5)14(18)13-9-8-12(16)10-11(13)3/h8-10,14,18H,6-7H2,1-5H3. The Hall–Kier alpha value is -0.930. The van der Waals surface area contributed by atoms with Crippen molar-refractivity contribution in [1.29, 1.82) is 0 Å². The van der Waals surface area contributed by atoms with Crippen molar-refractivity contribution in [3.63, 3.8) is 0 Å². The number of likely N-dealkylation sites (N-methyl/N-ethyl adjacent to an activating group) is 1. The smallest absolute Gasteiger partial charge is 0.123 e. The van der Waals surface area contributed by atoms with Gasteiger partial charge < -0.3 is 10.0 Å². The lowest BCUT2D eigenvalue weighted by molar-refractivity contribution is -0.0153. The molecule has 0 aliphatic rings. The van der Waals surface area contributed by atoms with Crippen LogP contribution in [0.3, 0.4) is 0 Å². The van der Waals surface area contributed by atoms with Crippen LogP contribution in [-0.2, 0) is 0 Å². The molecule has 0 saturated carbocycles. The summed E-state index contributed by atoms with van der Waals surface area (Å²) in [6, 6.07) is 4.58. The van der Waals surface area contributed by atoms with E-state index in [1.165, 1.54) is 12.1 Å². The van der Waals surface area contributed by atoms with Crippen LogP contribution in [0.4, 0.5) is 4.39 Å². The summed E-state index contributed by atoms with van der Waals surface area (Å²) in [5, 5.41) is 10.7. The number of aliphatic hydroxyl groups excluding tert-OH is 1. The third-order valence-electron chi connectivity index (χ3n) is 4.15. The van der Waals surface area contributed by atoms with Crippen molar-refractivity contribution < 1.29 is 9.50 Å². The van der Waals surface area contributed by atoms with E-state index in [2.05, 4.69) is 18.7 Å². The van der Waals surface area contributed by atoms with Gasteiger partial charge in [0.15, 0.2) is 0 Å². The predicted octanol–water partition coefficient (Wildman–Crippen LogP) is 3.29. The maximum Gasteiger partial charge on any atom is 0.123 e. The summed E-state index contributed by atoms with van der Waals surface area (Å²) in [7, 11) is 3.96. The number of hydrogen-bond acceptors (Lipinski definition) is 2. The van der Waals surface area contributed by atoms with Gasteiger partial charge in [0.05, 0.1) is 6.10 Å². The molecule has 0 fully saturated rings. The van der Waals surface area contributed by atoms with Gasteiger partial charge in [0.1, 0.15) is 5.82 Å². The average molecular weight is 253 g/mol. The third kappa shape index (κ3) is 2.57. The first kappa shape index (κ1) is 15.1. The Morgan fingerprint density at radius 3 is 2.22 bits per heavy atom. The minimum atomic E-state index is -0.608. The number of halogens is 1. The molecule has 18 heavy (non-hydrogen) atoms. The summed E-state index contributed by atoms with van der Waals surface area (Å²) in [4.78, 5) is 2.07. The minimum absolute atomic E-state index is 0.257. The minimum Gasteiger partial charge on any atom is -0.386 e. The molecule has 3 heteroatoms. The summed E-state index contributed by atoms with van der Waals surface area (Å²) in [6.45, 7) is 5.99. The maximum atomic E-state index is 13.1. The Bertz CT molecular complexity index is 399. The number of aliphatic hydroxyl groups is 1. The van der Waals surface area contributed by atoms with Gasteiger partial charge in [-0.25, -0.2) is 4.39 Å². The second-order valence-electron chi connectivity index (χ2n) is 5.11. The molecule has 102 valence electrons. The highest BCUT2D eigenvalue weighted by molar-refractivity contribution is 5.31. The van der Waals surface area contributed by atoms with E-state index in [0.29, 0.717) is 0 Å². The Morgan fingerprint density at radius 1 is 1.28 bits per heavy atom. The van der Waals surface area contributed by atoms with Crippen molar-refractivity contribution >= 4 is 0 Å². The molecule has 0 aliphatic heterocycles. The fraction of sp³-hybridized carbons (Fsp3) is 0.600. The number of aryl methyl sites for hydroxylation is 1. The van der Waals surface area contributed by atoms with Gasteiger partial charge in [0.2, 0.25) is 0 Å². The molecule has 0 radical (unpaired) electrons. The van der Waals surface area contributed by atoms with E-state index in [1.807, 2.05) is 21.0 Å². The van der Waals surface area contributed by atoms with E-state index in [4.69, 9.17) is 0 Å². The molecule has 1 unspecified atom stereocenters. The van der Waals surface area contributed by atoms with Crippen LogP contribution in [0.25, 0.3) is 0 Å². The van der Waals surface area contributed by atoms with Crippen LogP contribution in [0, 0.1) is 12.7 Å². The molecule has 1 rings (SSSR count). The number of hydrogen-bond donors (Lipinski definition) is 1. The van der Waals surface area contributed by atoms with Crippen molar-refractivity contribution in [2.24, 2.45) is 0 Å². The van der Waals surface area contributed by atoms with E-state index in [-0.39, 0.29) is 11.4 Å². The zero-order chi connectivity index (χ0) is 13.9. The molecule has 2 nitrogen and oxygen atoms in total. The van der Waals surface area contributed by atoms with Crippen LogP contribution in [-0.4, -0.2) is 29.6 Å². The van der Waals surface area contributed by atoms with Crippen molar-refractivity contribution in [2.45, 2.75) is 45.3 Å². The first-order chi connectivity index (χ1) is 8.39. The zero-order valence-electron chi connectivity index (χ0n) is 12.0. The highest BCUT2D eigenvalue weighted by Crippen LogP contribution is 2.37. The van der Waals surface area contributed by atoms with E-state index >= 15 is 0 Å². The number of benzene rings is 1. The van der Waals surface area contributed by atoms with Gasteiger partial charge in [-0.05, 0) is 57.1 Å². The molecule has 1 atom stereocenters. The SMILES string of the molecule is CCC(CC)(C(O)c1ccc(F)cc1C)N(C)C. The predicted molar refractivity (Wildman–Crippen MR) is 73.1 cm³/mol. The second-order valence-corrected chi connectivity index (χ2v) is 5.11. The van der Waals surface area contributed by atoms with Gasteiger partial charge in [-0.3, -0.25) is 0 Å². The van der Waals surface area contributed by atoms with Crippen molar-refractivity contribution in [2.75, 3.05) is 14.1 Å². The fourth-order valence-corrected chi connectivity index (χ4v) is 2.75. The highest BCUT2D eigenvalue weighted by atomic mass is 19.1. The molecule has 0 heterocycles. The summed E-state index contributed by atoms with van der Waals surface area (Å²) in [6.07, 6.45) is 1.08. The van der Waals surface area contributed by atoms with Crippen LogP contribution in [0.1, 0.15) is 43.9 Å². The van der Waals surface area contributed by atoms with Gasteiger partial charge in [-0.1, -0.05) is 19.9 Å². The zero-order valence-corrected chi connectivity index (χ0v) is 12.0. The summed E-state index contributed by atoms with van der Waals surface area (Å²) >= 11 is 0. The molecular weight excluding hydrogens is 229 g/mol. The molecule has 1 aromatic carbocycles. The van der Waals surface area contributed by atoms with E-state index in [0.717, 1.165) is 24.0 Å². The topological polar surface area (TPSA) is 23.5 Å². The van der Waals surface area contributed by atoms with Gasteiger partial charge in [-0.2, -0.15) is 0 Å². The van der Waals surface area contributed by atoms with E-state index < -0.39 is 6.10 Å². The molecular formula is C15H24FNO. The molecule has 0 aliphatic carbocycles. The molecule has 0 aromatic heterocycles. The number of nitrogens with zero attached hydrogens (tertiary/aromatic N) is 1. The summed E-state index contributed by atoms with van der Waals surface area (Å²) in [5.41, 5.74) is 1.31. The van der Waals surface area contributed by atoms with E-state index in [9.17, 15) is 9.50 Å². The Morgan fingerprint density at radius 2 is 1.83 bits per heavy atom. The molecule has 0 saturated heterocycles. The van der Waals surface area contributed by atoms with Gasteiger partial charge >= 0.3 is 0 Å². The maximum absolute atomic E-state index is 13.1. The van der Waals surface area contributed by atoms with E-state index in [1.54, 1.807) is 6.07 Å². The molecule has 1 N–H and O–H groups in total. The number of rotatable bonds is 5. The van der Waals surface area contributed by atoms with Crippen LogP contribution in [0.5, 0.6) is 0 Å². The second kappa shape index (κ2) is 5.81. The van der Waals surface area contributed by atoms with Crippen molar-refractivity contribution in [3.8, 4) is 0 Å². The third-order valence-corrected chi connectivity index (χ3v) is 4.15. The van der Waals surface area contributed by atoms with Crippen molar-refractivity contribution in [3.05, 3.63) is 35.1 Å². The van der Waals surface area contributed by atoms with Crippen LogP contribution in [0.2, 0.25) is 0 Å². The van der Waals surface area contributed by atoms with Gasteiger partial charge in [-0.15, -0.1) is 0 Å². The molecule has 0 bridgehead atoms. The molecule has 0 spiro atoms. The summed E-state index contributed by atoms with van der Waals surface area (Å²) in [5.74, 6) is -0.257. The monoisotopic (exact) mass is 253 g/mol. The first-order valence-electron chi connectivity index (χ1n) is 6.50. The lowest BCUT2D eigenvalue weighted by Gasteiger charge is -2.43. The largest absolute Gasteiger partial charge is 0.386 e. The molecule has 1 aromatic rings. The Labute approximate surface area is 109 Å². The highest BCUT2D eigenvalue weighted by Gasteiger charge is 2.38. The first-order valence-corrected chi connectivity index (χ1v) is 6.50. The summed E-state index contributed by atoms with van der Waals surface area (Å²) < 4.78 is 13.1. The average Bonchev–Trinajstić information content (AvgIpc) is 2.30. The van der Waals surface area contributed by atoms with Crippen molar-refractivity contribution in [1.82, 2.24) is 4.90 Å². The lowest BCUT2D eigenvalue weighted by Crippen LogP contribution is -2.48. The lowest BCUT2D eigenvalue weighted by atomic mass is 9.80. The Kier molecular flexibility index (Phi) is 4.88. The molecule has 0 amide bonds.